The molecule has 0 aromatic heterocycles. The number of hydrogen-bond donors (Lipinski definition) is 0. The first kappa shape index (κ1) is 10.2. The molecule has 0 radical (unpaired) electrons. The second-order valence-corrected chi connectivity index (χ2v) is 2.58. The topological polar surface area (TPSA) is 9.23 Å². The second kappa shape index (κ2) is 3.87. The second-order valence-electron chi connectivity index (χ2n) is 2.31. The van der Waals surface area contributed by atoms with Crippen LogP contribution in [0, 0.1) is 17.5 Å². The summed E-state index contributed by atoms with van der Waals surface area (Å²) in [6.45, 7) is 0. The van der Waals surface area contributed by atoms with Crippen molar-refractivity contribution in [3.8, 4) is 5.75 Å². The van der Waals surface area contributed by atoms with Gasteiger partial charge >= 0.3 is 0 Å². The van der Waals surface area contributed by atoms with Crippen molar-refractivity contribution in [2.24, 2.45) is 0 Å². The zero-order chi connectivity index (χ0) is 10.0. The molecule has 0 amide bonds. The molecule has 0 saturated carbocycles. The summed E-state index contributed by atoms with van der Waals surface area (Å²) in [5.74, 6) is -4.76. The van der Waals surface area contributed by atoms with Crippen LogP contribution in [0.5, 0.6) is 5.75 Å². The van der Waals surface area contributed by atoms with Gasteiger partial charge in [0.2, 0.25) is 5.82 Å². The predicted octanol–water partition coefficient (Wildman–Crippen LogP) is 2.85. The van der Waals surface area contributed by atoms with Gasteiger partial charge in [0.05, 0.1) is 13.0 Å². The first-order chi connectivity index (χ1) is 6.11. The van der Waals surface area contributed by atoms with Gasteiger partial charge in [-0.05, 0) is 6.07 Å². The largest absolute Gasteiger partial charge is 0.494 e. The van der Waals surface area contributed by atoms with Gasteiger partial charge in [-0.15, -0.1) is 11.6 Å². The minimum absolute atomic E-state index is 0.127. The van der Waals surface area contributed by atoms with Gasteiger partial charge in [0.15, 0.2) is 17.4 Å². The van der Waals surface area contributed by atoms with Gasteiger partial charge in [0.25, 0.3) is 0 Å². The Balaban J connectivity index is 3.36. The summed E-state index contributed by atoms with van der Waals surface area (Å²) in [7, 11) is 1.16. The average molecular weight is 211 g/mol. The number of rotatable bonds is 2. The van der Waals surface area contributed by atoms with E-state index in [0.29, 0.717) is 0 Å². The van der Waals surface area contributed by atoms with Crippen LogP contribution in [0.25, 0.3) is 0 Å². The normalized spacial score (nSPS) is 10.2. The molecule has 0 N–H and O–H groups in total. The van der Waals surface area contributed by atoms with E-state index in [0.717, 1.165) is 13.2 Å². The lowest BCUT2D eigenvalue weighted by Gasteiger charge is -2.06. The standard InChI is InChI=1S/C8H6ClF3O/c1-13-5-2-4(3-9)6(10)8(12)7(5)11/h2H,3H2,1H3. The minimum atomic E-state index is -1.56. The number of hydrogen-bond acceptors (Lipinski definition) is 1. The molecule has 13 heavy (non-hydrogen) atoms. The maximum absolute atomic E-state index is 12.8. The summed E-state index contributed by atoms with van der Waals surface area (Å²) in [4.78, 5) is 0. The first-order valence-corrected chi connectivity index (χ1v) is 3.91. The molecule has 1 aromatic rings. The fourth-order valence-corrected chi connectivity index (χ4v) is 1.07. The summed E-state index contributed by atoms with van der Waals surface area (Å²) in [6.07, 6.45) is 0. The van der Waals surface area contributed by atoms with Crippen LogP contribution in [0.2, 0.25) is 0 Å². The molecule has 0 fully saturated rings. The van der Waals surface area contributed by atoms with E-state index in [9.17, 15) is 13.2 Å². The highest BCUT2D eigenvalue weighted by Gasteiger charge is 2.18. The van der Waals surface area contributed by atoms with Crippen molar-refractivity contribution in [2.45, 2.75) is 5.88 Å². The maximum Gasteiger partial charge on any atom is 0.203 e. The molecule has 0 saturated heterocycles. The highest BCUT2D eigenvalue weighted by atomic mass is 35.5. The fourth-order valence-electron chi connectivity index (χ4n) is 0.876. The molecule has 0 aliphatic heterocycles. The monoisotopic (exact) mass is 210 g/mol. The van der Waals surface area contributed by atoms with Crippen LogP contribution in [-0.4, -0.2) is 7.11 Å². The van der Waals surface area contributed by atoms with E-state index < -0.39 is 17.5 Å². The van der Waals surface area contributed by atoms with E-state index >= 15 is 0 Å². The van der Waals surface area contributed by atoms with Crippen molar-refractivity contribution < 1.29 is 17.9 Å². The third kappa shape index (κ3) is 1.72. The molecule has 0 spiro atoms. The molecule has 72 valence electrons. The smallest absolute Gasteiger partial charge is 0.203 e. The van der Waals surface area contributed by atoms with Crippen molar-refractivity contribution in [3.63, 3.8) is 0 Å². The van der Waals surface area contributed by atoms with Crippen molar-refractivity contribution in [1.29, 1.82) is 0 Å². The van der Waals surface area contributed by atoms with Crippen LogP contribution in [0.1, 0.15) is 5.56 Å². The number of alkyl halides is 1. The van der Waals surface area contributed by atoms with E-state index in [1.165, 1.54) is 0 Å². The zero-order valence-electron chi connectivity index (χ0n) is 6.70. The summed E-state index contributed by atoms with van der Waals surface area (Å²) in [6, 6.07) is 1.03. The third-order valence-corrected chi connectivity index (χ3v) is 1.84. The van der Waals surface area contributed by atoms with Gasteiger partial charge in [-0.1, -0.05) is 0 Å². The highest BCUT2D eigenvalue weighted by Crippen LogP contribution is 2.25. The van der Waals surface area contributed by atoms with Crippen molar-refractivity contribution in [3.05, 3.63) is 29.1 Å². The Morgan fingerprint density at radius 3 is 2.31 bits per heavy atom. The van der Waals surface area contributed by atoms with Gasteiger partial charge in [-0.2, -0.15) is 4.39 Å². The number of halogens is 4. The zero-order valence-corrected chi connectivity index (χ0v) is 7.46. The van der Waals surface area contributed by atoms with Crippen molar-refractivity contribution >= 4 is 11.6 Å². The van der Waals surface area contributed by atoms with E-state index in [1.807, 2.05) is 0 Å². The Kier molecular flexibility index (Phi) is 3.03. The Labute approximate surface area is 78.1 Å². The molecule has 1 nitrogen and oxygen atoms in total. The SMILES string of the molecule is COc1cc(CCl)c(F)c(F)c1F. The summed E-state index contributed by atoms with van der Waals surface area (Å²) < 4.78 is 42.8. The predicted molar refractivity (Wildman–Crippen MR) is 42.4 cm³/mol. The molecule has 0 unspecified atom stereocenters. The van der Waals surface area contributed by atoms with Gasteiger partial charge in [0, 0.05) is 5.56 Å². The molecular weight excluding hydrogens is 205 g/mol. The minimum Gasteiger partial charge on any atom is -0.494 e. The molecule has 0 atom stereocenters. The van der Waals surface area contributed by atoms with Crippen molar-refractivity contribution in [1.82, 2.24) is 0 Å². The van der Waals surface area contributed by atoms with E-state index in [4.69, 9.17) is 11.6 Å². The number of ether oxygens (including phenoxy) is 1. The van der Waals surface area contributed by atoms with Crippen LogP contribution >= 0.6 is 11.6 Å². The quantitative estimate of drug-likeness (QED) is 0.539. The first-order valence-electron chi connectivity index (χ1n) is 3.38. The number of methoxy groups -OCH3 is 1. The summed E-state index contributed by atoms with van der Waals surface area (Å²) in [5.41, 5.74) is -0.127. The van der Waals surface area contributed by atoms with E-state index in [2.05, 4.69) is 4.74 Å². The molecule has 0 heterocycles. The van der Waals surface area contributed by atoms with Gasteiger partial charge < -0.3 is 4.74 Å². The summed E-state index contributed by atoms with van der Waals surface area (Å²) >= 11 is 5.30. The molecule has 1 aromatic carbocycles. The fraction of sp³-hybridized carbons (Fsp3) is 0.250. The lowest BCUT2D eigenvalue weighted by molar-refractivity contribution is 0.359. The Bertz CT molecular complexity index is 299. The average Bonchev–Trinajstić information content (AvgIpc) is 2.15. The van der Waals surface area contributed by atoms with Crippen LogP contribution in [0.3, 0.4) is 0 Å². The van der Waals surface area contributed by atoms with Crippen LogP contribution in [-0.2, 0) is 5.88 Å². The Morgan fingerprint density at radius 2 is 1.85 bits per heavy atom. The van der Waals surface area contributed by atoms with Crippen LogP contribution < -0.4 is 4.74 Å². The summed E-state index contributed by atoms with van der Waals surface area (Å²) in [5, 5.41) is 0. The third-order valence-electron chi connectivity index (χ3n) is 1.55. The number of benzene rings is 1. The molecule has 1 rings (SSSR count). The van der Waals surface area contributed by atoms with Crippen LogP contribution in [0.15, 0.2) is 6.07 Å². The molecule has 0 aliphatic rings. The lowest BCUT2D eigenvalue weighted by atomic mass is 10.2. The van der Waals surface area contributed by atoms with E-state index in [1.54, 1.807) is 0 Å². The Morgan fingerprint density at radius 1 is 1.23 bits per heavy atom. The molecule has 0 bridgehead atoms. The van der Waals surface area contributed by atoms with Gasteiger partial charge in [0.1, 0.15) is 0 Å². The highest BCUT2D eigenvalue weighted by molar-refractivity contribution is 6.17. The molecular formula is C8H6ClF3O. The molecule has 5 heteroatoms. The lowest BCUT2D eigenvalue weighted by Crippen LogP contribution is -1.99. The van der Waals surface area contributed by atoms with Gasteiger partial charge in [-0.25, -0.2) is 8.78 Å². The van der Waals surface area contributed by atoms with Crippen LogP contribution in [0.4, 0.5) is 13.2 Å². The maximum atomic E-state index is 12.8. The molecule has 0 aliphatic carbocycles. The van der Waals surface area contributed by atoms with E-state index in [-0.39, 0.29) is 17.2 Å². The van der Waals surface area contributed by atoms with Gasteiger partial charge in [-0.3, -0.25) is 0 Å². The van der Waals surface area contributed by atoms with Crippen molar-refractivity contribution in [2.75, 3.05) is 7.11 Å². The Hall–Kier alpha value is -0.900.